The minimum absolute atomic E-state index is 0.126. The lowest BCUT2D eigenvalue weighted by molar-refractivity contribution is 0.0693. The Labute approximate surface area is 107 Å². The summed E-state index contributed by atoms with van der Waals surface area (Å²) in [7, 11) is 0. The fourth-order valence-electron chi connectivity index (χ4n) is 1.31. The number of carbonyl (C=O) groups is 1. The van der Waals surface area contributed by atoms with E-state index in [1.54, 1.807) is 13.0 Å². The zero-order chi connectivity index (χ0) is 14.6. The molecule has 0 saturated heterocycles. The smallest absolute Gasteiger partial charge is 0.340 e. The van der Waals surface area contributed by atoms with Gasteiger partial charge in [0.2, 0.25) is 5.71 Å². The highest BCUT2D eigenvalue weighted by Gasteiger charge is 2.17. The summed E-state index contributed by atoms with van der Waals surface area (Å²) in [5.74, 6) is -2.98. The molecular formula is C11H10FN5O2. The number of benzene rings is 1. The number of aryl methyl sites for hydroxylation is 1. The highest BCUT2D eigenvalue weighted by molar-refractivity contribution is 6.45. The third-order valence-electron chi connectivity index (χ3n) is 2.10. The molecule has 0 radical (unpaired) electrons. The van der Waals surface area contributed by atoms with E-state index in [-0.39, 0.29) is 5.69 Å². The summed E-state index contributed by atoms with van der Waals surface area (Å²) in [6.07, 6.45) is 0. The molecule has 98 valence electrons. The van der Waals surface area contributed by atoms with Gasteiger partial charge in [0.25, 0.3) is 0 Å². The number of rotatable bonds is 4. The first kappa shape index (κ1) is 14.1. The molecule has 0 bridgehead atoms. The van der Waals surface area contributed by atoms with Crippen LogP contribution in [0, 0.1) is 29.5 Å². The monoisotopic (exact) mass is 263 g/mol. The summed E-state index contributed by atoms with van der Waals surface area (Å²) in [6, 6.07) is 3.96. The molecule has 5 N–H and O–H groups in total. The Balaban J connectivity index is 3.25. The second kappa shape index (κ2) is 5.59. The number of anilines is 1. The number of nitriles is 1. The van der Waals surface area contributed by atoms with Gasteiger partial charge in [-0.3, -0.25) is 10.8 Å². The van der Waals surface area contributed by atoms with Crippen molar-refractivity contribution in [2.45, 2.75) is 6.92 Å². The van der Waals surface area contributed by atoms with Crippen molar-refractivity contribution in [3.8, 4) is 6.07 Å². The molecule has 1 rings (SSSR count). The number of nitrogens with two attached hydrogens (primary N) is 1. The van der Waals surface area contributed by atoms with Crippen LogP contribution in [0.25, 0.3) is 0 Å². The molecule has 8 heteroatoms. The van der Waals surface area contributed by atoms with Crippen LogP contribution >= 0.6 is 0 Å². The van der Waals surface area contributed by atoms with Gasteiger partial charge >= 0.3 is 5.97 Å². The molecule has 0 fully saturated rings. The minimum Gasteiger partial charge on any atom is -0.478 e. The maximum Gasteiger partial charge on any atom is 0.340 e. The summed E-state index contributed by atoms with van der Waals surface area (Å²) in [4.78, 5) is 10.9. The zero-order valence-electron chi connectivity index (χ0n) is 9.86. The number of hydrogen-bond donors (Lipinski definition) is 4. The third kappa shape index (κ3) is 3.26. The van der Waals surface area contributed by atoms with Gasteiger partial charge in [-0.25, -0.2) is 9.18 Å². The van der Waals surface area contributed by atoms with E-state index in [0.717, 1.165) is 6.07 Å². The molecule has 0 atom stereocenters. The Morgan fingerprint density at radius 1 is 1.63 bits per heavy atom. The van der Waals surface area contributed by atoms with E-state index in [2.05, 4.69) is 10.5 Å². The molecular weight excluding hydrogens is 253 g/mol. The summed E-state index contributed by atoms with van der Waals surface area (Å²) < 4.78 is 13.5. The highest BCUT2D eigenvalue weighted by atomic mass is 19.1. The number of carboxylic acids is 1. The Morgan fingerprint density at radius 3 is 2.74 bits per heavy atom. The zero-order valence-corrected chi connectivity index (χ0v) is 9.86. The quantitative estimate of drug-likeness (QED) is 0.366. The normalized spacial score (nSPS) is 10.7. The highest BCUT2D eigenvalue weighted by Crippen LogP contribution is 2.21. The average molecular weight is 263 g/mol. The molecule has 0 saturated carbocycles. The Hall–Kier alpha value is -2.95. The molecule has 0 aromatic heterocycles. The first-order valence-corrected chi connectivity index (χ1v) is 4.98. The molecule has 19 heavy (non-hydrogen) atoms. The second-order valence-electron chi connectivity index (χ2n) is 3.57. The molecule has 7 nitrogen and oxygen atoms in total. The van der Waals surface area contributed by atoms with Crippen LogP contribution in [0.1, 0.15) is 15.9 Å². The number of hydrazone groups is 1. The summed E-state index contributed by atoms with van der Waals surface area (Å²) in [5.41, 5.74) is 6.61. The molecule has 0 unspecified atom stereocenters. The molecule has 1 aromatic rings. The first-order valence-electron chi connectivity index (χ1n) is 4.98. The summed E-state index contributed by atoms with van der Waals surface area (Å²) in [6.45, 7) is 1.57. The van der Waals surface area contributed by atoms with Crippen molar-refractivity contribution >= 4 is 23.2 Å². The topological polar surface area (TPSA) is 135 Å². The molecule has 0 spiro atoms. The van der Waals surface area contributed by atoms with Crippen molar-refractivity contribution < 1.29 is 14.3 Å². The van der Waals surface area contributed by atoms with Gasteiger partial charge in [-0.05, 0) is 24.6 Å². The summed E-state index contributed by atoms with van der Waals surface area (Å²) in [5, 5.41) is 28.0. The lowest BCUT2D eigenvalue weighted by Crippen LogP contribution is -2.22. The van der Waals surface area contributed by atoms with Gasteiger partial charge in [-0.2, -0.15) is 10.4 Å². The number of amidine groups is 1. The Morgan fingerprint density at radius 2 is 2.26 bits per heavy atom. The Kier molecular flexibility index (Phi) is 4.15. The maximum absolute atomic E-state index is 13.5. The second-order valence-corrected chi connectivity index (χ2v) is 3.57. The van der Waals surface area contributed by atoms with Crippen LogP contribution in [0.15, 0.2) is 17.2 Å². The lowest BCUT2D eigenvalue weighted by Gasteiger charge is -2.08. The number of nitrogens with one attached hydrogen (secondary N) is 2. The first-order chi connectivity index (χ1) is 8.86. The van der Waals surface area contributed by atoms with E-state index < -0.39 is 28.9 Å². The number of aromatic carboxylic acids is 1. The molecule has 0 heterocycles. The van der Waals surface area contributed by atoms with Crippen molar-refractivity contribution in [3.63, 3.8) is 0 Å². The van der Waals surface area contributed by atoms with Crippen LogP contribution in [-0.2, 0) is 0 Å². The fraction of sp³-hybridized carbons (Fsp3) is 0.0909. The van der Waals surface area contributed by atoms with E-state index in [1.807, 2.05) is 0 Å². The van der Waals surface area contributed by atoms with Gasteiger partial charge in [-0.1, -0.05) is 0 Å². The molecule has 1 aromatic carbocycles. The van der Waals surface area contributed by atoms with Crippen molar-refractivity contribution in [2.75, 3.05) is 5.43 Å². The van der Waals surface area contributed by atoms with Crippen molar-refractivity contribution in [1.82, 2.24) is 0 Å². The van der Waals surface area contributed by atoms with Crippen LogP contribution in [0.4, 0.5) is 10.1 Å². The van der Waals surface area contributed by atoms with Crippen LogP contribution < -0.4 is 11.2 Å². The predicted molar refractivity (Wildman–Crippen MR) is 66.7 cm³/mol. The molecule has 0 aliphatic rings. The largest absolute Gasteiger partial charge is 0.478 e. The lowest BCUT2D eigenvalue weighted by atomic mass is 10.1. The van der Waals surface area contributed by atoms with Gasteiger partial charge in [0.05, 0.1) is 5.69 Å². The number of hydrogen-bond acceptors (Lipinski definition) is 5. The van der Waals surface area contributed by atoms with E-state index in [0.29, 0.717) is 5.56 Å². The molecule has 0 aliphatic carbocycles. The van der Waals surface area contributed by atoms with Crippen LogP contribution in [0.3, 0.4) is 0 Å². The number of nitrogens with zero attached hydrogens (tertiary/aromatic N) is 2. The number of halogens is 1. The van der Waals surface area contributed by atoms with Gasteiger partial charge in [0.1, 0.15) is 17.4 Å². The van der Waals surface area contributed by atoms with E-state index in [9.17, 15) is 9.18 Å². The van der Waals surface area contributed by atoms with E-state index in [4.69, 9.17) is 21.5 Å². The van der Waals surface area contributed by atoms with E-state index in [1.165, 1.54) is 6.07 Å². The fourth-order valence-corrected chi connectivity index (χ4v) is 1.31. The van der Waals surface area contributed by atoms with Crippen molar-refractivity contribution in [1.29, 1.82) is 10.7 Å². The van der Waals surface area contributed by atoms with Crippen molar-refractivity contribution in [3.05, 3.63) is 29.1 Å². The van der Waals surface area contributed by atoms with Crippen LogP contribution in [0.5, 0.6) is 0 Å². The molecule has 0 amide bonds. The number of carboxylic acid groups (broad SMARTS) is 1. The molecule has 0 aliphatic heterocycles. The van der Waals surface area contributed by atoms with Crippen molar-refractivity contribution in [2.24, 2.45) is 10.8 Å². The van der Waals surface area contributed by atoms with E-state index >= 15 is 0 Å². The standard InChI is InChI=1S/C11H10FN5O2/c1-5-2-6(12)9(11(18)19)7(3-5)16-17-8(4-13)10(14)15/h2-3,16H,1H3,(H3,14,15)(H,18,19)/b17-8+. The minimum atomic E-state index is -1.48. The maximum atomic E-state index is 13.5. The average Bonchev–Trinajstić information content (AvgIpc) is 2.27. The van der Waals surface area contributed by atoms with Crippen LogP contribution in [0.2, 0.25) is 0 Å². The summed E-state index contributed by atoms with van der Waals surface area (Å²) >= 11 is 0. The SMILES string of the molecule is Cc1cc(F)c(C(=O)O)c(N/N=C(\C#N)C(=N)N)c1. The van der Waals surface area contributed by atoms with Gasteiger partial charge in [0.15, 0.2) is 5.84 Å². The van der Waals surface area contributed by atoms with Gasteiger partial charge in [-0.15, -0.1) is 0 Å². The third-order valence-corrected chi connectivity index (χ3v) is 2.10. The predicted octanol–water partition coefficient (Wildman–Crippen LogP) is 1.06. The Bertz CT molecular complexity index is 618. The van der Waals surface area contributed by atoms with Crippen LogP contribution in [-0.4, -0.2) is 22.6 Å². The van der Waals surface area contributed by atoms with Gasteiger partial charge < -0.3 is 10.8 Å². The van der Waals surface area contributed by atoms with Gasteiger partial charge in [0, 0.05) is 0 Å².